The van der Waals surface area contributed by atoms with Crippen molar-refractivity contribution in [3.63, 3.8) is 0 Å². The highest BCUT2D eigenvalue weighted by molar-refractivity contribution is 6.06. The van der Waals surface area contributed by atoms with Gasteiger partial charge in [-0.15, -0.1) is 0 Å². The Balaban J connectivity index is 1.85. The minimum atomic E-state index is -0.00713. The van der Waals surface area contributed by atoms with Gasteiger partial charge in [-0.3, -0.25) is 9.78 Å². The van der Waals surface area contributed by atoms with Crippen LogP contribution in [0.25, 0.3) is 10.9 Å². The van der Waals surface area contributed by atoms with Gasteiger partial charge < -0.3 is 10.6 Å². The number of amides is 1. The number of nitrogens with one attached hydrogen (secondary N) is 2. The highest BCUT2D eigenvalue weighted by Crippen LogP contribution is 2.16. The van der Waals surface area contributed by atoms with Gasteiger partial charge in [-0.25, -0.2) is 0 Å². The summed E-state index contributed by atoms with van der Waals surface area (Å²) in [4.78, 5) is 16.6. The van der Waals surface area contributed by atoms with Crippen molar-refractivity contribution in [2.24, 2.45) is 0 Å². The number of benzene rings is 1. The summed E-state index contributed by atoms with van der Waals surface area (Å²) < 4.78 is 0. The van der Waals surface area contributed by atoms with Crippen LogP contribution in [0.15, 0.2) is 36.5 Å². The van der Waals surface area contributed by atoms with E-state index in [1.807, 2.05) is 30.3 Å². The third kappa shape index (κ3) is 2.58. The number of aromatic nitrogens is 1. The lowest BCUT2D eigenvalue weighted by molar-refractivity contribution is 0.0932. The molecule has 1 fully saturated rings. The van der Waals surface area contributed by atoms with Gasteiger partial charge in [0.25, 0.3) is 5.91 Å². The van der Waals surface area contributed by atoms with Gasteiger partial charge in [0, 0.05) is 29.7 Å². The highest BCUT2D eigenvalue weighted by atomic mass is 16.1. The molecule has 98 valence electrons. The summed E-state index contributed by atoms with van der Waals surface area (Å²) in [6, 6.07) is 9.69. The molecule has 3 rings (SSSR count). The van der Waals surface area contributed by atoms with E-state index < -0.39 is 0 Å². The van der Waals surface area contributed by atoms with Crippen molar-refractivity contribution in [2.45, 2.75) is 18.9 Å². The minimum absolute atomic E-state index is 0.00713. The van der Waals surface area contributed by atoms with E-state index in [1.165, 1.54) is 0 Å². The fourth-order valence-electron chi connectivity index (χ4n) is 2.54. The van der Waals surface area contributed by atoms with E-state index in [9.17, 15) is 4.79 Å². The molecule has 2 heterocycles. The molecular formula is C15H17N3O. The Labute approximate surface area is 112 Å². The van der Waals surface area contributed by atoms with Crippen molar-refractivity contribution in [1.29, 1.82) is 0 Å². The second-order valence-electron chi connectivity index (χ2n) is 4.89. The highest BCUT2D eigenvalue weighted by Gasteiger charge is 2.17. The van der Waals surface area contributed by atoms with Crippen molar-refractivity contribution in [3.05, 3.63) is 42.1 Å². The van der Waals surface area contributed by atoms with E-state index in [0.29, 0.717) is 5.56 Å². The van der Waals surface area contributed by atoms with Gasteiger partial charge in [0.2, 0.25) is 0 Å². The fourth-order valence-corrected chi connectivity index (χ4v) is 2.54. The van der Waals surface area contributed by atoms with E-state index in [-0.39, 0.29) is 11.9 Å². The Morgan fingerprint density at radius 3 is 3.11 bits per heavy atom. The summed E-state index contributed by atoms with van der Waals surface area (Å²) in [5.41, 5.74) is 1.56. The molecule has 0 spiro atoms. The van der Waals surface area contributed by atoms with Gasteiger partial charge in [-0.1, -0.05) is 12.1 Å². The van der Waals surface area contributed by atoms with Crippen molar-refractivity contribution in [2.75, 3.05) is 13.1 Å². The molecule has 2 N–H and O–H groups in total. The lowest BCUT2D eigenvalue weighted by Gasteiger charge is -2.24. The molecular weight excluding hydrogens is 238 g/mol. The molecule has 0 saturated carbocycles. The monoisotopic (exact) mass is 255 g/mol. The Morgan fingerprint density at radius 1 is 1.32 bits per heavy atom. The summed E-state index contributed by atoms with van der Waals surface area (Å²) in [6.45, 7) is 1.90. The Morgan fingerprint density at radius 2 is 2.26 bits per heavy atom. The molecule has 1 amide bonds. The molecule has 1 aliphatic rings. The van der Waals surface area contributed by atoms with Crippen molar-refractivity contribution in [1.82, 2.24) is 15.6 Å². The molecule has 0 unspecified atom stereocenters. The number of hydrogen-bond donors (Lipinski definition) is 2. The normalized spacial score (nSPS) is 19.3. The molecule has 19 heavy (non-hydrogen) atoms. The van der Waals surface area contributed by atoms with Gasteiger partial charge >= 0.3 is 0 Å². The largest absolute Gasteiger partial charge is 0.348 e. The third-order valence-corrected chi connectivity index (χ3v) is 3.52. The third-order valence-electron chi connectivity index (χ3n) is 3.52. The van der Waals surface area contributed by atoms with Crippen LogP contribution in [0.5, 0.6) is 0 Å². The molecule has 1 aromatic carbocycles. The summed E-state index contributed by atoms with van der Waals surface area (Å²) in [6.07, 6.45) is 3.90. The lowest BCUT2D eigenvalue weighted by Crippen LogP contribution is -2.45. The van der Waals surface area contributed by atoms with E-state index in [0.717, 1.165) is 36.8 Å². The molecule has 1 aliphatic heterocycles. The molecule has 0 bridgehead atoms. The molecule has 1 saturated heterocycles. The topological polar surface area (TPSA) is 54.0 Å². The maximum absolute atomic E-state index is 12.4. The van der Waals surface area contributed by atoms with Gasteiger partial charge in [-0.2, -0.15) is 0 Å². The smallest absolute Gasteiger partial charge is 0.252 e. The van der Waals surface area contributed by atoms with Gasteiger partial charge in [0.15, 0.2) is 0 Å². The Hall–Kier alpha value is -1.94. The molecule has 4 nitrogen and oxygen atoms in total. The molecule has 2 aromatic rings. The minimum Gasteiger partial charge on any atom is -0.348 e. The first-order valence-electron chi connectivity index (χ1n) is 6.70. The summed E-state index contributed by atoms with van der Waals surface area (Å²) in [7, 11) is 0. The summed E-state index contributed by atoms with van der Waals surface area (Å²) in [5, 5.41) is 7.31. The quantitative estimate of drug-likeness (QED) is 0.859. The average molecular weight is 255 g/mol. The number of piperidine rings is 1. The van der Waals surface area contributed by atoms with Crippen LogP contribution >= 0.6 is 0 Å². The predicted octanol–water partition coefficient (Wildman–Crippen LogP) is 1.72. The summed E-state index contributed by atoms with van der Waals surface area (Å²) >= 11 is 0. The zero-order valence-electron chi connectivity index (χ0n) is 10.7. The molecule has 1 atom stereocenters. The maximum atomic E-state index is 12.4. The second kappa shape index (κ2) is 5.36. The average Bonchev–Trinajstić information content (AvgIpc) is 2.47. The van der Waals surface area contributed by atoms with Crippen LogP contribution in [0.3, 0.4) is 0 Å². The molecule has 4 heteroatoms. The number of hydrogen-bond acceptors (Lipinski definition) is 3. The number of carbonyl (C=O) groups excluding carboxylic acids is 1. The number of fused-ring (bicyclic) bond motifs is 1. The van der Waals surface area contributed by atoms with Gasteiger partial charge in [-0.05, 0) is 37.6 Å². The standard InChI is InChI=1S/C15H17N3O/c19-15(18-11-4-2-8-16-10-11)13-5-1-7-14-12(13)6-3-9-17-14/h1,3,5-7,9,11,16H,2,4,8,10H2,(H,18,19)/t11-/m0/s1. The fraction of sp³-hybridized carbons (Fsp3) is 0.333. The molecule has 0 radical (unpaired) electrons. The zero-order valence-corrected chi connectivity index (χ0v) is 10.7. The number of carbonyl (C=O) groups is 1. The predicted molar refractivity (Wildman–Crippen MR) is 75.1 cm³/mol. The SMILES string of the molecule is O=C(N[C@H]1CCCNC1)c1cccc2ncccc12. The first kappa shape index (κ1) is 12.1. The first-order chi connectivity index (χ1) is 9.34. The number of nitrogens with zero attached hydrogens (tertiary/aromatic N) is 1. The van der Waals surface area contributed by atoms with Crippen LogP contribution in [0.4, 0.5) is 0 Å². The van der Waals surface area contributed by atoms with Crippen molar-refractivity contribution in [3.8, 4) is 0 Å². The van der Waals surface area contributed by atoms with Crippen LogP contribution in [0.1, 0.15) is 23.2 Å². The summed E-state index contributed by atoms with van der Waals surface area (Å²) in [5.74, 6) is -0.00713. The maximum Gasteiger partial charge on any atom is 0.252 e. The Kier molecular flexibility index (Phi) is 3.42. The number of pyridine rings is 1. The van der Waals surface area contributed by atoms with Gasteiger partial charge in [0.05, 0.1) is 5.52 Å². The van der Waals surface area contributed by atoms with E-state index in [2.05, 4.69) is 15.6 Å². The second-order valence-corrected chi connectivity index (χ2v) is 4.89. The van der Waals surface area contributed by atoms with Crippen LogP contribution in [-0.2, 0) is 0 Å². The van der Waals surface area contributed by atoms with E-state index in [4.69, 9.17) is 0 Å². The first-order valence-corrected chi connectivity index (χ1v) is 6.70. The van der Waals surface area contributed by atoms with E-state index in [1.54, 1.807) is 6.20 Å². The molecule has 0 aliphatic carbocycles. The van der Waals surface area contributed by atoms with Gasteiger partial charge in [0.1, 0.15) is 0 Å². The Bertz CT molecular complexity index is 585. The molecule has 1 aromatic heterocycles. The van der Waals surface area contributed by atoms with Crippen LogP contribution in [-0.4, -0.2) is 30.0 Å². The van der Waals surface area contributed by atoms with E-state index >= 15 is 0 Å². The van der Waals surface area contributed by atoms with Crippen molar-refractivity contribution < 1.29 is 4.79 Å². The van der Waals surface area contributed by atoms with Crippen molar-refractivity contribution >= 4 is 16.8 Å². The van der Waals surface area contributed by atoms with Crippen LogP contribution < -0.4 is 10.6 Å². The number of rotatable bonds is 2. The van der Waals surface area contributed by atoms with Crippen LogP contribution in [0, 0.1) is 0 Å². The lowest BCUT2D eigenvalue weighted by atomic mass is 10.0. The van der Waals surface area contributed by atoms with Crippen LogP contribution in [0.2, 0.25) is 0 Å². The zero-order chi connectivity index (χ0) is 13.1.